The summed E-state index contributed by atoms with van der Waals surface area (Å²) < 4.78 is 5.10. The first-order valence-corrected chi connectivity index (χ1v) is 7.03. The number of nitrogens with two attached hydrogens (primary N) is 1. The molecular weight excluding hydrogens is 228 g/mol. The highest BCUT2D eigenvalue weighted by atomic mass is 16.5. The van der Waals surface area contributed by atoms with Crippen LogP contribution in [0.25, 0.3) is 0 Å². The fraction of sp³-hybridized carbons (Fsp3) is 0.929. The summed E-state index contributed by atoms with van der Waals surface area (Å²) in [6.45, 7) is 9.28. The molecule has 1 atom stereocenters. The maximum Gasteiger partial charge on any atom is 0.242 e. The van der Waals surface area contributed by atoms with Crippen LogP contribution in [0, 0.1) is 0 Å². The zero-order valence-corrected chi connectivity index (χ0v) is 12.7. The summed E-state index contributed by atoms with van der Waals surface area (Å²) in [6, 6.07) is 0.257. The second-order valence-electron chi connectivity index (χ2n) is 5.13. The summed E-state index contributed by atoms with van der Waals surface area (Å²) in [5.41, 5.74) is 5.40. The monoisotopic (exact) mass is 258 g/mol. The summed E-state index contributed by atoms with van der Waals surface area (Å²) in [5.74, 6) is 0.0510. The molecular formula is C14H30N2O2. The molecule has 0 aliphatic heterocycles. The van der Waals surface area contributed by atoms with Gasteiger partial charge in [-0.3, -0.25) is 4.79 Å². The molecule has 0 aromatic carbocycles. The fourth-order valence-electron chi connectivity index (χ4n) is 2.32. The van der Waals surface area contributed by atoms with E-state index in [4.69, 9.17) is 10.5 Å². The number of ether oxygens (including phenoxy) is 1. The van der Waals surface area contributed by atoms with E-state index in [9.17, 15) is 4.79 Å². The first-order chi connectivity index (χ1) is 8.44. The van der Waals surface area contributed by atoms with Crippen molar-refractivity contribution in [2.75, 3.05) is 20.3 Å². The minimum atomic E-state index is -0.759. The number of rotatable bonds is 9. The Bertz CT molecular complexity index is 238. The molecule has 0 bridgehead atoms. The second-order valence-corrected chi connectivity index (χ2v) is 5.13. The van der Waals surface area contributed by atoms with E-state index in [1.165, 1.54) is 0 Å². The lowest BCUT2D eigenvalue weighted by molar-refractivity contribution is -0.140. The first kappa shape index (κ1) is 17.4. The lowest BCUT2D eigenvalue weighted by Crippen LogP contribution is -2.56. The molecule has 108 valence electrons. The summed E-state index contributed by atoms with van der Waals surface area (Å²) in [5, 5.41) is 0. The van der Waals surface area contributed by atoms with Crippen LogP contribution in [0.4, 0.5) is 0 Å². The Hall–Kier alpha value is -0.610. The van der Waals surface area contributed by atoms with E-state index in [-0.39, 0.29) is 11.9 Å². The van der Waals surface area contributed by atoms with Crippen LogP contribution < -0.4 is 5.73 Å². The topological polar surface area (TPSA) is 55.6 Å². The van der Waals surface area contributed by atoms with Gasteiger partial charge in [0.25, 0.3) is 0 Å². The lowest BCUT2D eigenvalue weighted by atomic mass is 9.94. The van der Waals surface area contributed by atoms with Crippen molar-refractivity contribution in [3.63, 3.8) is 0 Å². The minimum absolute atomic E-state index is 0.0510. The van der Waals surface area contributed by atoms with Crippen molar-refractivity contribution in [2.24, 2.45) is 5.73 Å². The maximum absolute atomic E-state index is 12.6. The third kappa shape index (κ3) is 4.94. The molecule has 0 aromatic heterocycles. The molecule has 0 saturated heterocycles. The van der Waals surface area contributed by atoms with Crippen LogP contribution in [0.2, 0.25) is 0 Å². The third-order valence-electron chi connectivity index (χ3n) is 3.44. The fourth-order valence-corrected chi connectivity index (χ4v) is 2.32. The number of carbonyl (C=O) groups excluding carboxylic acids is 1. The smallest absolute Gasteiger partial charge is 0.242 e. The zero-order valence-electron chi connectivity index (χ0n) is 12.7. The minimum Gasteiger partial charge on any atom is -0.383 e. The number of nitrogens with zero attached hydrogens (tertiary/aromatic N) is 1. The standard InChI is InChI=1S/C14H30N2O2/c1-6-9-14(4,15)13(17)16(10-11-18-5)12(7-2)8-3/h12H,6-11,15H2,1-5H3. The molecule has 0 aliphatic carbocycles. The highest BCUT2D eigenvalue weighted by Gasteiger charge is 2.34. The average molecular weight is 258 g/mol. The Morgan fingerprint density at radius 2 is 1.89 bits per heavy atom. The van der Waals surface area contributed by atoms with Crippen LogP contribution in [0.1, 0.15) is 53.4 Å². The van der Waals surface area contributed by atoms with Gasteiger partial charge in [-0.25, -0.2) is 0 Å². The molecule has 2 N–H and O–H groups in total. The largest absolute Gasteiger partial charge is 0.383 e. The van der Waals surface area contributed by atoms with E-state index in [1.54, 1.807) is 7.11 Å². The molecule has 0 saturated carbocycles. The van der Waals surface area contributed by atoms with Gasteiger partial charge in [0.1, 0.15) is 0 Å². The third-order valence-corrected chi connectivity index (χ3v) is 3.44. The van der Waals surface area contributed by atoms with Crippen LogP contribution >= 0.6 is 0 Å². The molecule has 0 rings (SSSR count). The van der Waals surface area contributed by atoms with Gasteiger partial charge < -0.3 is 15.4 Å². The van der Waals surface area contributed by atoms with Crippen molar-refractivity contribution in [2.45, 2.75) is 65.0 Å². The number of methoxy groups -OCH3 is 1. The molecule has 4 heteroatoms. The van der Waals surface area contributed by atoms with Gasteiger partial charge in [0, 0.05) is 19.7 Å². The van der Waals surface area contributed by atoms with Crippen LogP contribution in [-0.2, 0) is 9.53 Å². The Kier molecular flexibility index (Phi) is 8.20. The number of amides is 1. The predicted molar refractivity (Wildman–Crippen MR) is 75.5 cm³/mol. The Balaban J connectivity index is 4.87. The molecule has 0 radical (unpaired) electrons. The summed E-state index contributed by atoms with van der Waals surface area (Å²) in [4.78, 5) is 14.5. The molecule has 18 heavy (non-hydrogen) atoms. The molecule has 0 fully saturated rings. The van der Waals surface area contributed by atoms with Crippen LogP contribution in [0.15, 0.2) is 0 Å². The first-order valence-electron chi connectivity index (χ1n) is 7.03. The van der Waals surface area contributed by atoms with Crippen molar-refractivity contribution < 1.29 is 9.53 Å². The van der Waals surface area contributed by atoms with E-state index in [2.05, 4.69) is 20.8 Å². The van der Waals surface area contributed by atoms with E-state index < -0.39 is 5.54 Å². The van der Waals surface area contributed by atoms with Gasteiger partial charge in [-0.15, -0.1) is 0 Å². The lowest BCUT2D eigenvalue weighted by Gasteiger charge is -2.36. The average Bonchev–Trinajstić information content (AvgIpc) is 2.33. The molecule has 0 aliphatic rings. The Morgan fingerprint density at radius 3 is 2.28 bits per heavy atom. The molecule has 1 amide bonds. The van der Waals surface area contributed by atoms with Gasteiger partial charge >= 0.3 is 0 Å². The van der Waals surface area contributed by atoms with E-state index in [1.807, 2.05) is 11.8 Å². The van der Waals surface area contributed by atoms with Gasteiger partial charge in [-0.2, -0.15) is 0 Å². The van der Waals surface area contributed by atoms with Crippen LogP contribution in [-0.4, -0.2) is 42.6 Å². The zero-order chi connectivity index (χ0) is 14.2. The summed E-state index contributed by atoms with van der Waals surface area (Å²) in [7, 11) is 1.66. The molecule has 1 unspecified atom stereocenters. The van der Waals surface area contributed by atoms with Crippen molar-refractivity contribution >= 4 is 5.91 Å². The molecule has 0 aromatic rings. The van der Waals surface area contributed by atoms with E-state index in [0.717, 1.165) is 25.7 Å². The molecule has 4 nitrogen and oxygen atoms in total. The summed E-state index contributed by atoms with van der Waals surface area (Å²) in [6.07, 6.45) is 3.54. The number of hydrogen-bond acceptors (Lipinski definition) is 3. The van der Waals surface area contributed by atoms with Crippen molar-refractivity contribution in [1.82, 2.24) is 4.90 Å². The van der Waals surface area contributed by atoms with Gasteiger partial charge in [0.15, 0.2) is 0 Å². The van der Waals surface area contributed by atoms with Gasteiger partial charge in [-0.05, 0) is 26.2 Å². The normalized spacial score (nSPS) is 14.6. The van der Waals surface area contributed by atoms with Crippen LogP contribution in [0.3, 0.4) is 0 Å². The van der Waals surface area contributed by atoms with Crippen molar-refractivity contribution in [1.29, 1.82) is 0 Å². The van der Waals surface area contributed by atoms with Gasteiger partial charge in [-0.1, -0.05) is 27.2 Å². The van der Waals surface area contributed by atoms with Crippen LogP contribution in [0.5, 0.6) is 0 Å². The van der Waals surface area contributed by atoms with E-state index in [0.29, 0.717) is 13.2 Å². The Labute approximate surface area is 112 Å². The SMILES string of the molecule is CCCC(C)(N)C(=O)N(CCOC)C(CC)CC. The van der Waals surface area contributed by atoms with E-state index >= 15 is 0 Å². The number of hydrogen-bond donors (Lipinski definition) is 1. The maximum atomic E-state index is 12.6. The van der Waals surface area contributed by atoms with Gasteiger partial charge in [0.05, 0.1) is 12.1 Å². The highest BCUT2D eigenvalue weighted by molar-refractivity contribution is 5.86. The van der Waals surface area contributed by atoms with Crippen molar-refractivity contribution in [3.8, 4) is 0 Å². The predicted octanol–water partition coefficient (Wildman–Crippen LogP) is 2.17. The quantitative estimate of drug-likeness (QED) is 0.689. The Morgan fingerprint density at radius 1 is 1.33 bits per heavy atom. The highest BCUT2D eigenvalue weighted by Crippen LogP contribution is 2.17. The van der Waals surface area contributed by atoms with Crippen molar-refractivity contribution in [3.05, 3.63) is 0 Å². The molecule has 0 spiro atoms. The summed E-state index contributed by atoms with van der Waals surface area (Å²) >= 11 is 0. The second kappa shape index (κ2) is 8.48. The number of carbonyl (C=O) groups is 1. The molecule has 0 heterocycles. The van der Waals surface area contributed by atoms with Gasteiger partial charge in [0.2, 0.25) is 5.91 Å².